The van der Waals surface area contributed by atoms with Gasteiger partial charge >= 0.3 is 0 Å². The minimum absolute atomic E-state index is 0. The largest absolute Gasteiger partial charge is 0.497 e. The number of benzene rings is 1. The highest BCUT2D eigenvalue weighted by atomic mass is 127. The fourth-order valence-electron chi connectivity index (χ4n) is 2.19. The molecule has 132 valence electrons. The van der Waals surface area contributed by atoms with Gasteiger partial charge in [-0.1, -0.05) is 12.1 Å². The first-order valence-corrected chi connectivity index (χ1v) is 8.73. The monoisotopic (exact) mass is 459 g/mol. The van der Waals surface area contributed by atoms with Gasteiger partial charge in [0.1, 0.15) is 5.75 Å². The van der Waals surface area contributed by atoms with E-state index in [1.807, 2.05) is 12.1 Å². The van der Waals surface area contributed by atoms with Crippen LogP contribution in [0.5, 0.6) is 5.75 Å². The lowest BCUT2D eigenvalue weighted by Crippen LogP contribution is -2.38. The Balaban J connectivity index is 0.00000288. The molecular formula is C18H26IN3OS. The molecule has 2 N–H and O–H groups in total. The van der Waals surface area contributed by atoms with Crippen LogP contribution in [-0.2, 0) is 13.0 Å². The molecule has 0 bridgehead atoms. The Hall–Kier alpha value is -1.28. The number of ether oxygens (including phenoxy) is 1. The van der Waals surface area contributed by atoms with E-state index in [1.54, 1.807) is 18.4 Å². The molecule has 0 aliphatic rings. The van der Waals surface area contributed by atoms with Gasteiger partial charge in [-0.25, -0.2) is 4.99 Å². The van der Waals surface area contributed by atoms with E-state index in [2.05, 4.69) is 53.7 Å². The van der Waals surface area contributed by atoms with E-state index < -0.39 is 0 Å². The van der Waals surface area contributed by atoms with E-state index in [9.17, 15) is 0 Å². The number of aliphatic imine (C=N–C) groups is 1. The van der Waals surface area contributed by atoms with Gasteiger partial charge in [-0.15, -0.1) is 35.3 Å². The van der Waals surface area contributed by atoms with Crippen molar-refractivity contribution < 1.29 is 4.74 Å². The number of guanidine groups is 1. The second-order valence-corrected chi connectivity index (χ2v) is 6.60. The average molecular weight is 459 g/mol. The van der Waals surface area contributed by atoms with Gasteiger partial charge in [0.05, 0.1) is 13.7 Å². The zero-order chi connectivity index (χ0) is 16.5. The minimum atomic E-state index is 0. The number of rotatable bonds is 7. The summed E-state index contributed by atoms with van der Waals surface area (Å²) in [4.78, 5) is 7.25. The number of hydrogen-bond acceptors (Lipinski definition) is 3. The molecule has 2 rings (SSSR count). The predicted molar refractivity (Wildman–Crippen MR) is 114 cm³/mol. The topological polar surface area (TPSA) is 45.7 Å². The van der Waals surface area contributed by atoms with E-state index >= 15 is 0 Å². The summed E-state index contributed by atoms with van der Waals surface area (Å²) in [7, 11) is 1.69. The fourth-order valence-corrected chi connectivity index (χ4v) is 3.00. The number of halogens is 1. The van der Waals surface area contributed by atoms with E-state index in [4.69, 9.17) is 4.74 Å². The van der Waals surface area contributed by atoms with E-state index in [0.717, 1.165) is 37.8 Å². The number of methoxy groups -OCH3 is 1. The van der Waals surface area contributed by atoms with E-state index in [1.165, 1.54) is 15.3 Å². The number of aryl methyl sites for hydroxylation is 1. The van der Waals surface area contributed by atoms with Crippen molar-refractivity contribution in [2.45, 2.75) is 26.8 Å². The number of hydrogen-bond donors (Lipinski definition) is 2. The normalized spacial score (nSPS) is 10.9. The first kappa shape index (κ1) is 20.8. The molecule has 0 saturated carbocycles. The molecule has 2 aromatic rings. The molecule has 0 atom stereocenters. The van der Waals surface area contributed by atoms with Crippen LogP contribution in [0, 0.1) is 6.92 Å². The van der Waals surface area contributed by atoms with Crippen LogP contribution in [0.2, 0.25) is 0 Å². The smallest absolute Gasteiger partial charge is 0.191 e. The summed E-state index contributed by atoms with van der Waals surface area (Å²) < 4.78 is 5.18. The van der Waals surface area contributed by atoms with Gasteiger partial charge < -0.3 is 15.4 Å². The van der Waals surface area contributed by atoms with Crippen LogP contribution in [0.1, 0.15) is 22.2 Å². The van der Waals surface area contributed by atoms with E-state index in [0.29, 0.717) is 0 Å². The third-order valence-corrected chi connectivity index (χ3v) is 4.38. The lowest BCUT2D eigenvalue weighted by molar-refractivity contribution is 0.414. The lowest BCUT2D eigenvalue weighted by atomic mass is 10.1. The molecule has 1 heterocycles. The third kappa shape index (κ3) is 7.09. The molecule has 0 radical (unpaired) electrons. The van der Waals surface area contributed by atoms with Gasteiger partial charge in [-0.3, -0.25) is 0 Å². The van der Waals surface area contributed by atoms with Crippen molar-refractivity contribution in [2.75, 3.05) is 20.2 Å². The zero-order valence-electron chi connectivity index (χ0n) is 14.5. The maximum absolute atomic E-state index is 5.18. The van der Waals surface area contributed by atoms with E-state index in [-0.39, 0.29) is 24.0 Å². The van der Waals surface area contributed by atoms with Crippen LogP contribution >= 0.6 is 35.3 Å². The van der Waals surface area contributed by atoms with Crippen molar-refractivity contribution in [1.82, 2.24) is 10.6 Å². The van der Waals surface area contributed by atoms with Gasteiger partial charge in [-0.2, -0.15) is 0 Å². The summed E-state index contributed by atoms with van der Waals surface area (Å²) in [6.07, 6.45) is 0.951. The second-order valence-electron chi connectivity index (χ2n) is 5.23. The molecule has 0 fully saturated rings. The van der Waals surface area contributed by atoms with Gasteiger partial charge in [0.25, 0.3) is 0 Å². The van der Waals surface area contributed by atoms with Crippen LogP contribution < -0.4 is 15.4 Å². The Morgan fingerprint density at radius 3 is 2.46 bits per heavy atom. The molecule has 0 amide bonds. The lowest BCUT2D eigenvalue weighted by Gasteiger charge is -2.11. The molecule has 1 aromatic heterocycles. The van der Waals surface area contributed by atoms with Crippen LogP contribution in [0.25, 0.3) is 0 Å². The summed E-state index contributed by atoms with van der Waals surface area (Å²) in [6, 6.07) is 12.5. The standard InChI is InChI=1S/C18H25N3OS.HI/c1-4-19-18(21-13-17-10-5-14(2)23-17)20-12-11-15-6-8-16(22-3)9-7-15;/h5-10H,4,11-13H2,1-3H3,(H2,19,20,21);1H. The molecule has 6 heteroatoms. The van der Waals surface area contributed by atoms with Gasteiger partial charge in [0.15, 0.2) is 5.96 Å². The summed E-state index contributed by atoms with van der Waals surface area (Å²) in [6.45, 7) is 6.63. The Labute approximate surface area is 165 Å². The van der Waals surface area contributed by atoms with Crippen molar-refractivity contribution >= 4 is 41.3 Å². The van der Waals surface area contributed by atoms with Crippen LogP contribution in [0.4, 0.5) is 0 Å². The molecule has 0 spiro atoms. The quantitative estimate of drug-likeness (QED) is 0.374. The molecule has 4 nitrogen and oxygen atoms in total. The van der Waals surface area contributed by atoms with Crippen molar-refractivity contribution in [3.63, 3.8) is 0 Å². The third-order valence-electron chi connectivity index (χ3n) is 3.40. The van der Waals surface area contributed by atoms with Crippen molar-refractivity contribution in [3.05, 3.63) is 51.7 Å². The van der Waals surface area contributed by atoms with Crippen molar-refractivity contribution in [1.29, 1.82) is 0 Å². The summed E-state index contributed by atoms with van der Waals surface area (Å²) in [5.41, 5.74) is 1.28. The molecular weight excluding hydrogens is 433 g/mol. The number of nitrogens with one attached hydrogen (secondary N) is 2. The number of thiophene rings is 1. The van der Waals surface area contributed by atoms with Crippen LogP contribution in [-0.4, -0.2) is 26.2 Å². The number of nitrogens with zero attached hydrogens (tertiary/aromatic N) is 1. The molecule has 1 aromatic carbocycles. The van der Waals surface area contributed by atoms with Gasteiger partial charge in [0.2, 0.25) is 0 Å². The summed E-state index contributed by atoms with van der Waals surface area (Å²) in [5, 5.41) is 6.67. The Morgan fingerprint density at radius 1 is 1.12 bits per heavy atom. The van der Waals surface area contributed by atoms with Crippen molar-refractivity contribution in [3.8, 4) is 5.75 Å². The highest BCUT2D eigenvalue weighted by molar-refractivity contribution is 14.0. The Bertz CT molecular complexity index is 625. The maximum atomic E-state index is 5.18. The van der Waals surface area contributed by atoms with Crippen LogP contribution in [0.15, 0.2) is 41.4 Å². The predicted octanol–water partition coefficient (Wildman–Crippen LogP) is 3.98. The van der Waals surface area contributed by atoms with Gasteiger partial charge in [0, 0.05) is 22.8 Å². The molecule has 0 unspecified atom stereocenters. The maximum Gasteiger partial charge on any atom is 0.191 e. The summed E-state index contributed by atoms with van der Waals surface area (Å²) >= 11 is 1.80. The first-order chi connectivity index (χ1) is 11.2. The Kier molecular flexibility index (Phi) is 9.78. The first-order valence-electron chi connectivity index (χ1n) is 7.91. The highest BCUT2D eigenvalue weighted by Crippen LogP contribution is 2.15. The molecule has 0 aliphatic carbocycles. The second kappa shape index (κ2) is 11.3. The minimum Gasteiger partial charge on any atom is -0.497 e. The zero-order valence-corrected chi connectivity index (χ0v) is 17.6. The molecule has 0 saturated heterocycles. The average Bonchev–Trinajstić information content (AvgIpc) is 2.99. The van der Waals surface area contributed by atoms with Crippen molar-refractivity contribution in [2.24, 2.45) is 4.99 Å². The molecule has 0 aliphatic heterocycles. The Morgan fingerprint density at radius 2 is 1.88 bits per heavy atom. The SMILES string of the molecule is CCNC(=NCc1ccc(C)s1)NCCc1ccc(OC)cc1.I. The summed E-state index contributed by atoms with van der Waals surface area (Å²) in [5.74, 6) is 1.76. The van der Waals surface area contributed by atoms with Gasteiger partial charge in [-0.05, 0) is 50.1 Å². The highest BCUT2D eigenvalue weighted by Gasteiger charge is 2.00. The fraction of sp³-hybridized carbons (Fsp3) is 0.389. The molecule has 24 heavy (non-hydrogen) atoms. The van der Waals surface area contributed by atoms with Crippen LogP contribution in [0.3, 0.4) is 0 Å².